The van der Waals surface area contributed by atoms with Gasteiger partial charge in [-0.25, -0.2) is 14.5 Å². The van der Waals surface area contributed by atoms with E-state index in [1.54, 1.807) is 35.2 Å². The summed E-state index contributed by atoms with van der Waals surface area (Å²) in [5, 5.41) is 4.63. The van der Waals surface area contributed by atoms with E-state index in [0.29, 0.717) is 46.6 Å². The minimum absolute atomic E-state index is 0.0445. The van der Waals surface area contributed by atoms with Crippen molar-refractivity contribution >= 4 is 17.2 Å². The van der Waals surface area contributed by atoms with Gasteiger partial charge < -0.3 is 14.4 Å². The van der Waals surface area contributed by atoms with Gasteiger partial charge in [0, 0.05) is 29.8 Å². The summed E-state index contributed by atoms with van der Waals surface area (Å²) in [4.78, 5) is 26.6. The maximum Gasteiger partial charge on any atom is 0.455 e. The molecule has 3 aliphatic rings. The minimum atomic E-state index is -5.77. The van der Waals surface area contributed by atoms with Gasteiger partial charge in [-0.05, 0) is 54.4 Å². The first kappa shape index (κ1) is 26.5. The predicted octanol–water partition coefficient (Wildman–Crippen LogP) is 5.05. The van der Waals surface area contributed by atoms with Crippen LogP contribution < -0.4 is 14.4 Å². The van der Waals surface area contributed by atoms with E-state index in [-0.39, 0.29) is 29.4 Å². The van der Waals surface area contributed by atoms with Crippen molar-refractivity contribution in [3.05, 3.63) is 59.5 Å². The number of rotatable bonds is 7. The fourth-order valence-corrected chi connectivity index (χ4v) is 5.98. The molecule has 0 bridgehead atoms. The second kappa shape index (κ2) is 8.82. The van der Waals surface area contributed by atoms with E-state index in [4.69, 9.17) is 9.47 Å². The van der Waals surface area contributed by atoms with E-state index in [1.807, 2.05) is 12.1 Å². The second-order valence-corrected chi connectivity index (χ2v) is 10.9. The molecule has 1 spiro atoms. The van der Waals surface area contributed by atoms with Gasteiger partial charge >= 0.3 is 18.1 Å². The van der Waals surface area contributed by atoms with E-state index in [1.165, 1.54) is 14.2 Å². The Morgan fingerprint density at radius 1 is 1.05 bits per heavy atom. The first-order valence-corrected chi connectivity index (χ1v) is 13.2. The highest BCUT2D eigenvalue weighted by Crippen LogP contribution is 2.61. The highest BCUT2D eigenvalue weighted by molar-refractivity contribution is 6.10. The summed E-state index contributed by atoms with van der Waals surface area (Å²) in [7, 11) is 2.91. The molecule has 218 valence electrons. The Kier molecular flexibility index (Phi) is 5.57. The largest absolute Gasteiger partial charge is 0.480 e. The number of hydrogen-bond donors (Lipinski definition) is 0. The van der Waals surface area contributed by atoms with Crippen LogP contribution in [0.25, 0.3) is 16.9 Å². The number of benzene rings is 1. The summed E-state index contributed by atoms with van der Waals surface area (Å²) in [5.74, 6) is -5.59. The first-order chi connectivity index (χ1) is 20.0. The molecule has 2 aliphatic carbocycles. The lowest BCUT2D eigenvalue weighted by atomic mass is 9.95. The molecule has 1 aromatic carbocycles. The summed E-state index contributed by atoms with van der Waals surface area (Å²) in [6.45, 7) is -1.74. The second-order valence-electron chi connectivity index (χ2n) is 10.9. The SMILES string of the molecule is COc1ncc(-c2cc([C@H]3C[C@@H]3c3ccc4c(c3)N(CC(F)(F)C(F)(F)F)C(=O)C43CC3)c3nccn3n2)c(OC)n1. The number of imidazole rings is 1. The van der Waals surface area contributed by atoms with Gasteiger partial charge in [-0.1, -0.05) is 12.1 Å². The number of alkyl halides is 5. The number of aromatic nitrogens is 5. The Hall–Kier alpha value is -4.36. The van der Waals surface area contributed by atoms with Crippen LogP contribution in [-0.4, -0.2) is 63.3 Å². The van der Waals surface area contributed by atoms with E-state index >= 15 is 0 Å². The molecule has 4 aromatic rings. The molecule has 7 rings (SSSR count). The smallest absolute Gasteiger partial charge is 0.455 e. The molecule has 0 radical (unpaired) electrons. The summed E-state index contributed by atoms with van der Waals surface area (Å²) < 4.78 is 79.6. The van der Waals surface area contributed by atoms with E-state index in [2.05, 4.69) is 20.1 Å². The maximum atomic E-state index is 14.1. The van der Waals surface area contributed by atoms with Gasteiger partial charge in [-0.3, -0.25) is 4.79 Å². The molecule has 2 atom stereocenters. The summed E-state index contributed by atoms with van der Waals surface area (Å²) >= 11 is 0. The molecule has 2 saturated carbocycles. The Bertz CT molecular complexity index is 1750. The normalized spacial score (nSPS) is 20.7. The Labute approximate surface area is 235 Å². The number of nitrogens with zero attached hydrogens (tertiary/aromatic N) is 6. The van der Waals surface area contributed by atoms with Gasteiger partial charge in [-0.15, -0.1) is 0 Å². The van der Waals surface area contributed by atoms with Crippen molar-refractivity contribution in [2.24, 2.45) is 0 Å². The quantitative estimate of drug-likeness (QED) is 0.280. The van der Waals surface area contributed by atoms with Gasteiger partial charge in [0.05, 0.1) is 37.4 Å². The number of hydrogen-bond acceptors (Lipinski definition) is 7. The lowest BCUT2D eigenvalue weighted by Crippen LogP contribution is -2.49. The molecule has 3 aromatic heterocycles. The molecule has 1 amide bonds. The third-order valence-corrected chi connectivity index (χ3v) is 8.39. The van der Waals surface area contributed by atoms with Crippen molar-refractivity contribution in [3.8, 4) is 23.1 Å². The van der Waals surface area contributed by atoms with E-state index in [0.717, 1.165) is 11.1 Å². The van der Waals surface area contributed by atoms with Gasteiger partial charge in [0.2, 0.25) is 11.8 Å². The predicted molar refractivity (Wildman–Crippen MR) is 138 cm³/mol. The fraction of sp³-hybridized carbons (Fsp3) is 0.393. The molecule has 1 aliphatic heterocycles. The monoisotopic (exact) mass is 586 g/mol. The Morgan fingerprint density at radius 2 is 1.83 bits per heavy atom. The lowest BCUT2D eigenvalue weighted by molar-refractivity contribution is -0.276. The van der Waals surface area contributed by atoms with Gasteiger partial charge in [0.15, 0.2) is 5.65 Å². The first-order valence-electron chi connectivity index (χ1n) is 13.2. The van der Waals surface area contributed by atoms with Crippen LogP contribution in [0, 0.1) is 0 Å². The molecule has 2 fully saturated rings. The zero-order valence-electron chi connectivity index (χ0n) is 22.3. The van der Waals surface area contributed by atoms with Crippen molar-refractivity contribution in [2.75, 3.05) is 25.7 Å². The van der Waals surface area contributed by atoms with Gasteiger partial charge in [0.1, 0.15) is 0 Å². The van der Waals surface area contributed by atoms with Crippen LogP contribution in [0.3, 0.4) is 0 Å². The van der Waals surface area contributed by atoms with Crippen molar-refractivity contribution in [1.29, 1.82) is 0 Å². The molecule has 4 heterocycles. The highest BCUT2D eigenvalue weighted by Gasteiger charge is 2.64. The number of halogens is 5. The minimum Gasteiger partial charge on any atom is -0.480 e. The van der Waals surface area contributed by atoms with Crippen molar-refractivity contribution in [2.45, 2.75) is 48.6 Å². The maximum absolute atomic E-state index is 14.1. The molecule has 14 heteroatoms. The number of methoxy groups -OCH3 is 2. The number of carbonyl (C=O) groups excluding carboxylic acids is 1. The van der Waals surface area contributed by atoms with Crippen molar-refractivity contribution in [1.82, 2.24) is 24.6 Å². The zero-order chi connectivity index (χ0) is 29.6. The molecule has 9 nitrogen and oxygen atoms in total. The van der Waals surface area contributed by atoms with Gasteiger partial charge in [0.25, 0.3) is 0 Å². The van der Waals surface area contributed by atoms with E-state index in [9.17, 15) is 26.7 Å². The number of fused-ring (bicyclic) bond motifs is 3. The number of carbonyl (C=O) groups is 1. The standard InChI is InChI=1S/C28H23F5N6O3/c1-41-23-18(12-35-25(36-23)42-2)20-11-17(22-34-7-8-39(22)37-20)16-10-15(16)14-3-4-19-21(9-14)38(24(40)26(19)5-6-26)13-27(29,30)28(31,32)33/h3-4,7-9,11-12,15-16H,5-6,10,13H2,1-2H3/t15-,16+/m1/s1. The number of anilines is 1. The molecule has 0 unspecified atom stereocenters. The van der Waals surface area contributed by atoms with Crippen LogP contribution in [0.5, 0.6) is 11.9 Å². The summed E-state index contributed by atoms with van der Waals surface area (Å²) in [6, 6.07) is 7.15. The van der Waals surface area contributed by atoms with Crippen LogP contribution in [-0.2, 0) is 10.2 Å². The molecule has 0 N–H and O–H groups in total. The van der Waals surface area contributed by atoms with Crippen molar-refractivity contribution in [3.63, 3.8) is 0 Å². The topological polar surface area (TPSA) is 94.7 Å². The Balaban J connectivity index is 1.24. The number of amides is 1. The average molecular weight is 587 g/mol. The third-order valence-electron chi connectivity index (χ3n) is 8.39. The summed E-state index contributed by atoms with van der Waals surface area (Å²) in [5.41, 5.74) is 2.93. The van der Waals surface area contributed by atoms with Crippen molar-refractivity contribution < 1.29 is 36.2 Å². The average Bonchev–Trinajstić information content (AvgIpc) is 3.88. The van der Waals surface area contributed by atoms with Crippen LogP contribution >= 0.6 is 0 Å². The van der Waals surface area contributed by atoms with Crippen LogP contribution in [0.4, 0.5) is 27.6 Å². The number of ether oxygens (including phenoxy) is 2. The molecule has 0 saturated heterocycles. The van der Waals surface area contributed by atoms with Crippen LogP contribution in [0.2, 0.25) is 0 Å². The van der Waals surface area contributed by atoms with Crippen LogP contribution in [0.1, 0.15) is 47.8 Å². The zero-order valence-corrected chi connectivity index (χ0v) is 22.3. The Morgan fingerprint density at radius 3 is 2.52 bits per heavy atom. The molecular formula is C28H23F5N6O3. The summed E-state index contributed by atoms with van der Waals surface area (Å²) in [6.07, 6.45) is 0.620. The van der Waals surface area contributed by atoms with Crippen LogP contribution in [0.15, 0.2) is 42.9 Å². The highest BCUT2D eigenvalue weighted by atomic mass is 19.4. The van der Waals surface area contributed by atoms with Gasteiger partial charge in [-0.2, -0.15) is 32.0 Å². The van der Waals surface area contributed by atoms with E-state index < -0.39 is 30.0 Å². The fourth-order valence-electron chi connectivity index (χ4n) is 5.98. The lowest BCUT2D eigenvalue weighted by Gasteiger charge is -2.26. The molecule has 42 heavy (non-hydrogen) atoms. The molecular weight excluding hydrogens is 563 g/mol. The third kappa shape index (κ3) is 3.91.